The van der Waals surface area contributed by atoms with Crippen LogP contribution in [-0.4, -0.2) is 26.8 Å². The maximum Gasteiger partial charge on any atom is 0.283 e. The summed E-state index contributed by atoms with van der Waals surface area (Å²) in [5.41, 5.74) is 1.81. The number of aromatic nitrogens is 1. The van der Waals surface area contributed by atoms with Crippen LogP contribution in [0.5, 0.6) is 0 Å². The Bertz CT molecular complexity index is 1780. The normalized spacial score (nSPS) is 13.7. The summed E-state index contributed by atoms with van der Waals surface area (Å²) in [6, 6.07) is 29.8. The summed E-state index contributed by atoms with van der Waals surface area (Å²) < 4.78 is 1.65. The number of amides is 2. The minimum atomic E-state index is -0.617. The zero-order chi connectivity index (χ0) is 28.5. The molecular formula is C30H18N4O4S3. The molecule has 41 heavy (non-hydrogen) atoms. The Labute approximate surface area is 247 Å². The van der Waals surface area contributed by atoms with Gasteiger partial charge in [-0.25, -0.2) is 4.98 Å². The van der Waals surface area contributed by atoms with Gasteiger partial charge in [0.1, 0.15) is 5.57 Å². The van der Waals surface area contributed by atoms with Crippen molar-refractivity contribution < 1.29 is 14.5 Å². The van der Waals surface area contributed by atoms with E-state index in [1.807, 2.05) is 36.4 Å². The number of thiazole rings is 1. The number of nitro benzene ring substituents is 1. The lowest BCUT2D eigenvalue weighted by Gasteiger charge is -2.36. The summed E-state index contributed by atoms with van der Waals surface area (Å²) in [5.74, 6) is -1.23. The average Bonchev–Trinajstić information content (AvgIpc) is 3.39. The summed E-state index contributed by atoms with van der Waals surface area (Å²) in [6.07, 6.45) is 1.37. The number of carbonyl (C=O) groups excluding carboxylic acids is 2. The van der Waals surface area contributed by atoms with Crippen molar-refractivity contribution in [2.75, 3.05) is 9.80 Å². The van der Waals surface area contributed by atoms with Crippen LogP contribution in [0.1, 0.15) is 5.56 Å². The first-order chi connectivity index (χ1) is 19.9. The van der Waals surface area contributed by atoms with Crippen LogP contribution < -0.4 is 9.80 Å². The Balaban J connectivity index is 1.41. The number of nitrogens with zero attached hydrogens (tertiary/aromatic N) is 4. The van der Waals surface area contributed by atoms with Crippen LogP contribution in [0, 0.1) is 10.1 Å². The Morgan fingerprint density at radius 2 is 1.41 bits per heavy atom. The number of hydrogen-bond acceptors (Lipinski definition) is 8. The second-order valence-corrected chi connectivity index (χ2v) is 11.5. The molecule has 0 aliphatic carbocycles. The van der Waals surface area contributed by atoms with Gasteiger partial charge in [-0.1, -0.05) is 66.4 Å². The van der Waals surface area contributed by atoms with E-state index in [9.17, 15) is 19.7 Å². The maximum absolute atomic E-state index is 13.7. The Kier molecular flexibility index (Phi) is 7.14. The number of anilines is 2. The number of nitro groups is 1. The summed E-state index contributed by atoms with van der Waals surface area (Å²) in [4.78, 5) is 46.6. The minimum absolute atomic E-state index is 0.0168. The van der Waals surface area contributed by atoms with Crippen molar-refractivity contribution in [3.05, 3.63) is 124 Å². The maximum atomic E-state index is 13.7. The van der Waals surface area contributed by atoms with Gasteiger partial charge >= 0.3 is 0 Å². The van der Waals surface area contributed by atoms with E-state index < -0.39 is 16.7 Å². The van der Waals surface area contributed by atoms with Gasteiger partial charge in [-0.2, -0.15) is 0 Å². The van der Waals surface area contributed by atoms with Gasteiger partial charge in [0, 0.05) is 6.07 Å². The first kappa shape index (κ1) is 26.5. The van der Waals surface area contributed by atoms with Crippen molar-refractivity contribution in [2.45, 2.75) is 9.24 Å². The van der Waals surface area contributed by atoms with E-state index in [2.05, 4.69) is 4.98 Å². The van der Waals surface area contributed by atoms with E-state index in [1.165, 1.54) is 45.0 Å². The lowest BCUT2D eigenvalue weighted by molar-refractivity contribution is -0.387. The van der Waals surface area contributed by atoms with Crippen LogP contribution >= 0.6 is 35.3 Å². The molecule has 200 valence electrons. The SMILES string of the molecule is O=C1C(=Cc2ccc(Sc3nc4ccccc4s3)c([N+](=O)[O-])c2)C(=O)N(c2ccccc2)C(=S)N1c1ccccc1. The van der Waals surface area contributed by atoms with Gasteiger partial charge in [-0.15, -0.1) is 11.3 Å². The topological polar surface area (TPSA) is 96.6 Å². The monoisotopic (exact) mass is 594 g/mol. The van der Waals surface area contributed by atoms with Gasteiger partial charge in [0.25, 0.3) is 17.5 Å². The highest BCUT2D eigenvalue weighted by molar-refractivity contribution is 8.01. The first-order valence-corrected chi connectivity index (χ1v) is 14.3. The van der Waals surface area contributed by atoms with Gasteiger partial charge in [0.05, 0.1) is 31.4 Å². The second-order valence-electron chi connectivity index (χ2n) is 8.83. The number of rotatable bonds is 6. The molecule has 0 saturated carbocycles. The quantitative estimate of drug-likeness (QED) is 0.0680. The van der Waals surface area contributed by atoms with Crippen LogP contribution in [0.3, 0.4) is 0 Å². The summed E-state index contributed by atoms with van der Waals surface area (Å²) >= 11 is 8.27. The standard InChI is InChI=1S/C30H18N4O4S3/c35-27-22(28(36)33(21-11-5-2-6-12-21)30(39)32(27)20-9-3-1-4-10-20)17-19-15-16-26(24(18-19)34(37)38)41-29-31-23-13-7-8-14-25(23)40-29/h1-18H. The minimum Gasteiger partial charge on any atom is -0.268 e. The number of fused-ring (bicyclic) bond motifs is 1. The number of para-hydroxylation sites is 3. The smallest absolute Gasteiger partial charge is 0.268 e. The van der Waals surface area contributed by atoms with Crippen molar-refractivity contribution in [3.63, 3.8) is 0 Å². The summed E-state index contributed by atoms with van der Waals surface area (Å²) in [5, 5.41) is 12.1. The predicted molar refractivity (Wildman–Crippen MR) is 165 cm³/mol. The number of benzene rings is 4. The number of thiocarbonyl (C=S) groups is 1. The Morgan fingerprint density at radius 3 is 2.00 bits per heavy atom. The molecule has 1 fully saturated rings. The molecule has 5 aromatic rings. The first-order valence-electron chi connectivity index (χ1n) is 12.3. The highest BCUT2D eigenvalue weighted by Gasteiger charge is 2.41. The van der Waals surface area contributed by atoms with Crippen LogP contribution in [0.15, 0.2) is 118 Å². The highest BCUT2D eigenvalue weighted by Crippen LogP contribution is 2.39. The molecule has 0 radical (unpaired) electrons. The van der Waals surface area contributed by atoms with E-state index in [1.54, 1.807) is 60.7 Å². The number of carbonyl (C=O) groups is 2. The third kappa shape index (κ3) is 5.13. The third-order valence-corrected chi connectivity index (χ3v) is 8.77. The molecule has 1 saturated heterocycles. The lowest BCUT2D eigenvalue weighted by Crippen LogP contribution is -2.56. The van der Waals surface area contributed by atoms with Crippen LogP contribution in [0.2, 0.25) is 0 Å². The fourth-order valence-corrected chi connectivity index (χ4v) is 6.83. The average molecular weight is 595 g/mol. The van der Waals surface area contributed by atoms with E-state index in [0.717, 1.165) is 10.2 Å². The van der Waals surface area contributed by atoms with Gasteiger partial charge in [-0.05, 0) is 66.3 Å². The van der Waals surface area contributed by atoms with Gasteiger partial charge in [0.15, 0.2) is 9.45 Å². The molecule has 2 amide bonds. The molecule has 2 heterocycles. The zero-order valence-electron chi connectivity index (χ0n) is 21.0. The van der Waals surface area contributed by atoms with Crippen molar-refractivity contribution >= 4 is 85.6 Å². The van der Waals surface area contributed by atoms with Crippen molar-refractivity contribution in [1.29, 1.82) is 0 Å². The van der Waals surface area contributed by atoms with Crippen molar-refractivity contribution in [3.8, 4) is 0 Å². The third-order valence-electron chi connectivity index (χ3n) is 6.24. The van der Waals surface area contributed by atoms with E-state index in [0.29, 0.717) is 26.2 Å². The fraction of sp³-hybridized carbons (Fsp3) is 0. The summed E-state index contributed by atoms with van der Waals surface area (Å²) in [6.45, 7) is 0. The molecule has 0 N–H and O–H groups in total. The second kappa shape index (κ2) is 11.0. The highest BCUT2D eigenvalue weighted by atomic mass is 32.2. The van der Waals surface area contributed by atoms with Crippen LogP contribution in [0.4, 0.5) is 17.1 Å². The Morgan fingerprint density at radius 1 is 0.829 bits per heavy atom. The molecule has 0 atom stereocenters. The molecule has 1 aromatic heterocycles. The van der Waals surface area contributed by atoms with Crippen LogP contribution in [0.25, 0.3) is 16.3 Å². The van der Waals surface area contributed by atoms with Gasteiger partial charge in [0.2, 0.25) is 0 Å². The molecule has 11 heteroatoms. The molecule has 0 bridgehead atoms. The van der Waals surface area contributed by atoms with Gasteiger partial charge < -0.3 is 0 Å². The van der Waals surface area contributed by atoms with E-state index in [-0.39, 0.29) is 16.4 Å². The fourth-order valence-electron chi connectivity index (χ4n) is 4.35. The molecule has 6 rings (SSSR count). The molecule has 1 aliphatic rings. The predicted octanol–water partition coefficient (Wildman–Crippen LogP) is 7.10. The molecule has 1 aliphatic heterocycles. The van der Waals surface area contributed by atoms with Crippen LogP contribution in [-0.2, 0) is 9.59 Å². The molecular weight excluding hydrogens is 577 g/mol. The molecule has 4 aromatic carbocycles. The lowest BCUT2D eigenvalue weighted by atomic mass is 10.0. The number of hydrogen-bond donors (Lipinski definition) is 0. The Hall–Kier alpha value is -4.71. The zero-order valence-corrected chi connectivity index (χ0v) is 23.5. The molecule has 8 nitrogen and oxygen atoms in total. The largest absolute Gasteiger partial charge is 0.283 e. The van der Waals surface area contributed by atoms with Crippen molar-refractivity contribution in [2.24, 2.45) is 0 Å². The van der Waals surface area contributed by atoms with Crippen molar-refractivity contribution in [1.82, 2.24) is 4.98 Å². The molecule has 0 spiro atoms. The van der Waals surface area contributed by atoms with E-state index >= 15 is 0 Å². The molecule has 0 unspecified atom stereocenters. The van der Waals surface area contributed by atoms with E-state index in [4.69, 9.17) is 12.2 Å². The van der Waals surface area contributed by atoms with Gasteiger partial charge in [-0.3, -0.25) is 29.5 Å². The summed E-state index contributed by atoms with van der Waals surface area (Å²) in [7, 11) is 0.